The second kappa shape index (κ2) is 5.89. The van der Waals surface area contributed by atoms with E-state index in [1.54, 1.807) is 24.3 Å². The topological polar surface area (TPSA) is 26.3 Å². The van der Waals surface area contributed by atoms with Crippen LogP contribution in [-0.4, -0.2) is 18.1 Å². The number of ether oxygens (including phenoxy) is 1. The SMILES string of the molecule is O=C(c1ccc(Cl)cc1)[C@@H]1Oc2ccccc2[C@H]1CC(F)(F)F. The molecule has 3 rings (SSSR count). The Morgan fingerprint density at radius 1 is 1.09 bits per heavy atom. The van der Waals surface area contributed by atoms with Crippen molar-refractivity contribution in [1.29, 1.82) is 0 Å². The van der Waals surface area contributed by atoms with Crippen molar-refractivity contribution in [2.45, 2.75) is 24.6 Å². The molecule has 0 radical (unpaired) electrons. The van der Waals surface area contributed by atoms with Gasteiger partial charge in [-0.3, -0.25) is 4.79 Å². The minimum absolute atomic E-state index is 0.277. The Balaban J connectivity index is 1.94. The fourth-order valence-corrected chi connectivity index (χ4v) is 2.88. The molecule has 1 heterocycles. The summed E-state index contributed by atoms with van der Waals surface area (Å²) < 4.78 is 44.3. The van der Waals surface area contributed by atoms with Gasteiger partial charge in [0.1, 0.15) is 5.75 Å². The van der Waals surface area contributed by atoms with Crippen LogP contribution in [0, 0.1) is 0 Å². The number of rotatable bonds is 3. The Kier molecular flexibility index (Phi) is 4.06. The zero-order valence-corrected chi connectivity index (χ0v) is 12.6. The van der Waals surface area contributed by atoms with E-state index in [1.807, 2.05) is 0 Å². The fraction of sp³-hybridized carbons (Fsp3) is 0.235. The Morgan fingerprint density at radius 2 is 1.74 bits per heavy atom. The number of Topliss-reactive ketones (excluding diaryl/α,β-unsaturated/α-hetero) is 1. The summed E-state index contributed by atoms with van der Waals surface area (Å²) in [5.41, 5.74) is 0.691. The van der Waals surface area contributed by atoms with Crippen molar-refractivity contribution in [2.75, 3.05) is 0 Å². The lowest BCUT2D eigenvalue weighted by molar-refractivity contribution is -0.140. The number of carbonyl (C=O) groups is 1. The molecule has 2 nitrogen and oxygen atoms in total. The zero-order chi connectivity index (χ0) is 16.6. The van der Waals surface area contributed by atoms with Crippen LogP contribution in [0.4, 0.5) is 13.2 Å². The van der Waals surface area contributed by atoms with Gasteiger partial charge in [-0.25, -0.2) is 0 Å². The Hall–Kier alpha value is -2.01. The molecule has 0 saturated heterocycles. The smallest absolute Gasteiger partial charge is 0.389 e. The molecule has 120 valence electrons. The molecule has 0 aliphatic carbocycles. The number of alkyl halides is 3. The van der Waals surface area contributed by atoms with E-state index in [9.17, 15) is 18.0 Å². The summed E-state index contributed by atoms with van der Waals surface area (Å²) in [6.07, 6.45) is -6.67. The second-order valence-electron chi connectivity index (χ2n) is 5.37. The molecule has 0 bridgehead atoms. The predicted molar refractivity (Wildman–Crippen MR) is 80.1 cm³/mol. The van der Waals surface area contributed by atoms with Crippen LogP contribution in [-0.2, 0) is 0 Å². The number of carbonyl (C=O) groups excluding carboxylic acids is 1. The maximum atomic E-state index is 12.9. The average molecular weight is 341 g/mol. The Bertz CT molecular complexity index is 725. The molecule has 1 aliphatic rings. The number of fused-ring (bicyclic) bond motifs is 1. The summed E-state index contributed by atoms with van der Waals surface area (Å²) in [5, 5.41) is 0.448. The molecular formula is C17H12ClF3O2. The molecule has 0 N–H and O–H groups in total. The number of halogens is 4. The number of ketones is 1. The summed E-state index contributed by atoms with van der Waals surface area (Å²) in [4.78, 5) is 12.6. The van der Waals surface area contributed by atoms with Crippen molar-refractivity contribution >= 4 is 17.4 Å². The largest absolute Gasteiger partial charge is 0.481 e. The van der Waals surface area contributed by atoms with Crippen molar-refractivity contribution in [1.82, 2.24) is 0 Å². The third-order valence-electron chi connectivity index (χ3n) is 3.78. The van der Waals surface area contributed by atoms with E-state index in [1.165, 1.54) is 24.3 Å². The highest BCUT2D eigenvalue weighted by Gasteiger charge is 2.45. The summed E-state index contributed by atoms with van der Waals surface area (Å²) in [7, 11) is 0. The van der Waals surface area contributed by atoms with E-state index in [0.717, 1.165) is 0 Å². The van der Waals surface area contributed by atoms with E-state index in [4.69, 9.17) is 16.3 Å². The third kappa shape index (κ3) is 3.34. The molecule has 2 aromatic carbocycles. The highest BCUT2D eigenvalue weighted by atomic mass is 35.5. The third-order valence-corrected chi connectivity index (χ3v) is 4.03. The molecule has 0 amide bonds. The van der Waals surface area contributed by atoms with Gasteiger partial charge in [-0.1, -0.05) is 29.8 Å². The maximum absolute atomic E-state index is 12.9. The molecule has 1 aliphatic heterocycles. The lowest BCUT2D eigenvalue weighted by Crippen LogP contribution is -2.32. The number of benzene rings is 2. The van der Waals surface area contributed by atoms with Gasteiger partial charge in [0, 0.05) is 22.1 Å². The molecule has 2 atom stereocenters. The molecule has 2 aromatic rings. The summed E-state index contributed by atoms with van der Waals surface area (Å²) in [6, 6.07) is 12.5. The monoisotopic (exact) mass is 340 g/mol. The number of para-hydroxylation sites is 1. The molecule has 0 fully saturated rings. The van der Waals surface area contributed by atoms with Gasteiger partial charge in [0.2, 0.25) is 5.78 Å². The van der Waals surface area contributed by atoms with E-state index < -0.39 is 30.4 Å². The quantitative estimate of drug-likeness (QED) is 0.733. The average Bonchev–Trinajstić information content (AvgIpc) is 2.84. The molecule has 23 heavy (non-hydrogen) atoms. The van der Waals surface area contributed by atoms with Gasteiger partial charge in [-0.05, 0) is 30.3 Å². The normalized spacial score (nSPS) is 20.0. The van der Waals surface area contributed by atoms with Gasteiger partial charge in [0.25, 0.3) is 0 Å². The summed E-state index contributed by atoms with van der Waals surface area (Å²) in [5.74, 6) is -1.20. The van der Waals surface area contributed by atoms with Crippen LogP contribution in [0.5, 0.6) is 5.75 Å². The van der Waals surface area contributed by atoms with E-state index in [-0.39, 0.29) is 5.56 Å². The van der Waals surface area contributed by atoms with Crippen molar-refractivity contribution in [3.8, 4) is 5.75 Å². The van der Waals surface area contributed by atoms with E-state index in [2.05, 4.69) is 0 Å². The molecule has 0 saturated carbocycles. The van der Waals surface area contributed by atoms with Crippen LogP contribution in [0.3, 0.4) is 0 Å². The van der Waals surface area contributed by atoms with Gasteiger partial charge >= 0.3 is 6.18 Å². The van der Waals surface area contributed by atoms with Gasteiger partial charge in [0.05, 0.1) is 6.42 Å². The fourth-order valence-electron chi connectivity index (χ4n) is 2.76. The summed E-state index contributed by atoms with van der Waals surface area (Å²) >= 11 is 5.77. The Labute approximate surface area is 135 Å². The summed E-state index contributed by atoms with van der Waals surface area (Å²) in [6.45, 7) is 0. The van der Waals surface area contributed by atoms with Crippen LogP contribution in [0.15, 0.2) is 48.5 Å². The van der Waals surface area contributed by atoms with Crippen LogP contribution in [0.2, 0.25) is 5.02 Å². The highest BCUT2D eigenvalue weighted by molar-refractivity contribution is 6.30. The molecule has 0 aromatic heterocycles. The van der Waals surface area contributed by atoms with E-state index >= 15 is 0 Å². The standard InChI is InChI=1S/C17H12ClF3O2/c18-11-7-5-10(6-8-11)15(22)16-13(9-17(19,20)21)12-3-1-2-4-14(12)23-16/h1-8,13,16H,9H2/t13-,16-/m1/s1. The first kappa shape index (κ1) is 15.9. The van der Waals surface area contributed by atoms with Gasteiger partial charge in [-0.15, -0.1) is 0 Å². The lowest BCUT2D eigenvalue weighted by atomic mass is 9.88. The molecule has 6 heteroatoms. The first-order valence-corrected chi connectivity index (χ1v) is 7.35. The van der Waals surface area contributed by atoms with E-state index in [0.29, 0.717) is 16.3 Å². The van der Waals surface area contributed by atoms with Crippen molar-refractivity contribution in [3.05, 3.63) is 64.7 Å². The first-order valence-electron chi connectivity index (χ1n) is 6.97. The van der Waals surface area contributed by atoms with Crippen LogP contribution in [0.1, 0.15) is 28.3 Å². The minimum Gasteiger partial charge on any atom is -0.481 e. The maximum Gasteiger partial charge on any atom is 0.389 e. The minimum atomic E-state index is -4.38. The first-order chi connectivity index (χ1) is 10.8. The molecular weight excluding hydrogens is 329 g/mol. The Morgan fingerprint density at radius 3 is 2.39 bits per heavy atom. The zero-order valence-electron chi connectivity index (χ0n) is 11.8. The van der Waals surface area contributed by atoms with Crippen molar-refractivity contribution in [2.24, 2.45) is 0 Å². The highest BCUT2D eigenvalue weighted by Crippen LogP contribution is 2.44. The van der Waals surface area contributed by atoms with Crippen LogP contribution >= 0.6 is 11.6 Å². The van der Waals surface area contributed by atoms with Crippen LogP contribution in [0.25, 0.3) is 0 Å². The number of hydrogen-bond acceptors (Lipinski definition) is 2. The molecule has 0 unspecified atom stereocenters. The van der Waals surface area contributed by atoms with Crippen LogP contribution < -0.4 is 4.74 Å². The van der Waals surface area contributed by atoms with Gasteiger partial charge in [0.15, 0.2) is 6.10 Å². The molecule has 0 spiro atoms. The second-order valence-corrected chi connectivity index (χ2v) is 5.81. The lowest BCUT2D eigenvalue weighted by Gasteiger charge is -2.19. The van der Waals surface area contributed by atoms with Gasteiger partial charge in [-0.2, -0.15) is 13.2 Å². The predicted octanol–water partition coefficient (Wildman–Crippen LogP) is 5.02. The van der Waals surface area contributed by atoms with Gasteiger partial charge < -0.3 is 4.74 Å². The van der Waals surface area contributed by atoms with Crippen molar-refractivity contribution < 1.29 is 22.7 Å². The van der Waals surface area contributed by atoms with Crippen molar-refractivity contribution in [3.63, 3.8) is 0 Å². The number of hydrogen-bond donors (Lipinski definition) is 0.